The Morgan fingerprint density at radius 2 is 0.881 bits per heavy atom. The van der Waals surface area contributed by atoms with E-state index in [0.717, 1.165) is 77.7 Å². The lowest BCUT2D eigenvalue weighted by Gasteiger charge is -2.27. The van der Waals surface area contributed by atoms with E-state index in [2.05, 4.69) is 217 Å². The van der Waals surface area contributed by atoms with Crippen LogP contribution in [0.4, 0.5) is 17.1 Å². The second-order valence-corrected chi connectivity index (χ2v) is 14.9. The van der Waals surface area contributed by atoms with Gasteiger partial charge in [0.2, 0.25) is 0 Å². The van der Waals surface area contributed by atoms with Crippen LogP contribution >= 0.6 is 0 Å². The Morgan fingerprint density at radius 3 is 1.63 bits per heavy atom. The molecule has 0 fully saturated rings. The first-order chi connectivity index (χ1) is 29.3. The molecule has 11 aromatic rings. The minimum absolute atomic E-state index is 0.882. The minimum Gasteiger partial charge on any atom is -0.310 e. The maximum atomic E-state index is 5.44. The lowest BCUT2D eigenvalue weighted by Crippen LogP contribution is -2.10. The van der Waals surface area contributed by atoms with Crippen LogP contribution in [-0.4, -0.2) is 9.97 Å². The van der Waals surface area contributed by atoms with Crippen molar-refractivity contribution in [3.05, 3.63) is 224 Å². The van der Waals surface area contributed by atoms with Gasteiger partial charge in [-0.05, 0) is 86.3 Å². The molecule has 0 aliphatic carbocycles. The van der Waals surface area contributed by atoms with E-state index in [0.29, 0.717) is 0 Å². The molecule has 1 aromatic heterocycles. The maximum absolute atomic E-state index is 5.44. The molecule has 3 nitrogen and oxygen atoms in total. The predicted octanol–water partition coefficient (Wildman–Crippen LogP) is 15.2. The average molecular weight is 752 g/mol. The van der Waals surface area contributed by atoms with Crippen LogP contribution in [0.5, 0.6) is 0 Å². The summed E-state index contributed by atoms with van der Waals surface area (Å²) >= 11 is 0. The fourth-order valence-electron chi connectivity index (χ4n) is 8.61. The van der Waals surface area contributed by atoms with E-state index >= 15 is 0 Å². The summed E-state index contributed by atoms with van der Waals surface area (Å²) < 4.78 is 0. The Bertz CT molecular complexity index is 3300. The number of para-hydroxylation sites is 1. The summed E-state index contributed by atoms with van der Waals surface area (Å²) in [7, 11) is 0. The van der Waals surface area contributed by atoms with E-state index in [9.17, 15) is 0 Å². The van der Waals surface area contributed by atoms with E-state index in [-0.39, 0.29) is 0 Å². The summed E-state index contributed by atoms with van der Waals surface area (Å²) in [6.07, 6.45) is 0. The van der Waals surface area contributed by atoms with Crippen molar-refractivity contribution in [2.45, 2.75) is 0 Å². The van der Waals surface area contributed by atoms with E-state index in [1.54, 1.807) is 0 Å². The molecule has 1 heterocycles. The highest BCUT2D eigenvalue weighted by atomic mass is 15.1. The lowest BCUT2D eigenvalue weighted by atomic mass is 9.92. The molecule has 11 rings (SSSR count). The second kappa shape index (κ2) is 14.6. The molecule has 59 heavy (non-hydrogen) atoms. The molecule has 276 valence electrons. The highest BCUT2D eigenvalue weighted by molar-refractivity contribution is 6.19. The standard InChI is InChI=1S/C56H37N3/c1-4-16-41(17-5-1)54-55(42-18-6-2-7-19-42)58-56-51(57-54)36-32-40-27-28-44-37-43(31-35-50(44)53(40)56)48-24-13-12-23-47(48)39-29-33-46(34-30-39)59(45-21-8-3-9-22-45)52-26-14-20-38-15-10-11-25-49(38)52/h1-37H. The van der Waals surface area contributed by atoms with Gasteiger partial charge in [0.25, 0.3) is 0 Å². The van der Waals surface area contributed by atoms with Crippen LogP contribution in [0.1, 0.15) is 0 Å². The zero-order valence-corrected chi connectivity index (χ0v) is 32.2. The van der Waals surface area contributed by atoms with Crippen molar-refractivity contribution in [2.75, 3.05) is 4.90 Å². The van der Waals surface area contributed by atoms with Gasteiger partial charge in [-0.15, -0.1) is 0 Å². The number of anilines is 3. The van der Waals surface area contributed by atoms with Crippen molar-refractivity contribution in [3.8, 4) is 44.8 Å². The summed E-state index contributed by atoms with van der Waals surface area (Å²) in [5, 5.41) is 7.02. The largest absolute Gasteiger partial charge is 0.310 e. The van der Waals surface area contributed by atoms with Crippen molar-refractivity contribution in [2.24, 2.45) is 0 Å². The van der Waals surface area contributed by atoms with Crippen LogP contribution in [0.15, 0.2) is 224 Å². The Balaban J connectivity index is 1.01. The highest BCUT2D eigenvalue weighted by Crippen LogP contribution is 2.42. The van der Waals surface area contributed by atoms with Gasteiger partial charge in [0.1, 0.15) is 0 Å². The zero-order chi connectivity index (χ0) is 39.1. The fourth-order valence-corrected chi connectivity index (χ4v) is 8.61. The SMILES string of the molecule is c1ccc(-c2nc3ccc4ccc5cc(-c6ccccc6-c6ccc(N(c7ccccc7)c7cccc8ccccc78)cc6)ccc5c4c3nc2-c2ccccc2)cc1. The van der Waals surface area contributed by atoms with Crippen LogP contribution in [0.2, 0.25) is 0 Å². The molecular formula is C56H37N3. The molecule has 0 unspecified atom stereocenters. The molecule has 0 amide bonds. The third-order valence-corrected chi connectivity index (χ3v) is 11.4. The number of hydrogen-bond acceptors (Lipinski definition) is 3. The first kappa shape index (κ1) is 34.4. The van der Waals surface area contributed by atoms with Crippen LogP contribution in [-0.2, 0) is 0 Å². The monoisotopic (exact) mass is 751 g/mol. The third-order valence-electron chi connectivity index (χ3n) is 11.4. The molecule has 0 saturated heterocycles. The second-order valence-electron chi connectivity index (χ2n) is 14.9. The Hall–Kier alpha value is -7.88. The van der Waals surface area contributed by atoms with Crippen LogP contribution in [0.25, 0.3) is 88.1 Å². The molecule has 0 radical (unpaired) electrons. The third kappa shape index (κ3) is 6.17. The number of aromatic nitrogens is 2. The van der Waals surface area contributed by atoms with Gasteiger partial charge in [0.05, 0.1) is 28.1 Å². The van der Waals surface area contributed by atoms with E-state index < -0.39 is 0 Å². The molecule has 0 bridgehead atoms. The Labute approximate surface area is 343 Å². The fraction of sp³-hybridized carbons (Fsp3) is 0. The van der Waals surface area contributed by atoms with Crippen LogP contribution in [0.3, 0.4) is 0 Å². The van der Waals surface area contributed by atoms with Crippen LogP contribution in [0, 0.1) is 0 Å². The summed E-state index contributed by atoms with van der Waals surface area (Å²) in [6.45, 7) is 0. The molecular weight excluding hydrogens is 715 g/mol. The van der Waals surface area contributed by atoms with E-state index in [1.165, 1.54) is 27.5 Å². The van der Waals surface area contributed by atoms with Crippen molar-refractivity contribution < 1.29 is 0 Å². The molecule has 3 heteroatoms. The lowest BCUT2D eigenvalue weighted by molar-refractivity contribution is 1.30. The average Bonchev–Trinajstić information content (AvgIpc) is 3.32. The summed E-state index contributed by atoms with van der Waals surface area (Å²) in [6, 6.07) is 79.8. The molecule has 0 spiro atoms. The molecule has 0 aliphatic rings. The molecule has 0 N–H and O–H groups in total. The molecule has 10 aromatic carbocycles. The number of nitrogens with zero attached hydrogens (tertiary/aromatic N) is 3. The van der Waals surface area contributed by atoms with Crippen molar-refractivity contribution >= 4 is 60.4 Å². The Morgan fingerprint density at radius 1 is 0.322 bits per heavy atom. The van der Waals surface area contributed by atoms with Crippen LogP contribution < -0.4 is 4.90 Å². The summed E-state index contributed by atoms with van der Waals surface area (Å²) in [5.41, 5.74) is 13.7. The van der Waals surface area contributed by atoms with Gasteiger partial charge < -0.3 is 4.90 Å². The molecule has 0 atom stereocenters. The quantitative estimate of drug-likeness (QED) is 0.152. The molecule has 0 saturated carbocycles. The number of benzene rings is 10. The zero-order valence-electron chi connectivity index (χ0n) is 32.2. The van der Waals surface area contributed by atoms with Gasteiger partial charge in [-0.25, -0.2) is 9.97 Å². The van der Waals surface area contributed by atoms with E-state index in [1.807, 2.05) is 12.1 Å². The first-order valence-corrected chi connectivity index (χ1v) is 20.1. The molecule has 0 aliphatic heterocycles. The maximum Gasteiger partial charge on any atom is 0.0979 e. The number of fused-ring (bicyclic) bond motifs is 6. The van der Waals surface area contributed by atoms with Crippen molar-refractivity contribution in [1.29, 1.82) is 0 Å². The van der Waals surface area contributed by atoms with Crippen molar-refractivity contribution in [1.82, 2.24) is 9.97 Å². The predicted molar refractivity (Wildman–Crippen MR) is 248 cm³/mol. The minimum atomic E-state index is 0.882. The van der Waals surface area contributed by atoms with E-state index in [4.69, 9.17) is 9.97 Å². The summed E-state index contributed by atoms with van der Waals surface area (Å²) in [4.78, 5) is 13.1. The normalized spacial score (nSPS) is 11.4. The Kier molecular flexibility index (Phi) is 8.49. The smallest absolute Gasteiger partial charge is 0.0979 e. The number of hydrogen-bond donors (Lipinski definition) is 0. The summed E-state index contributed by atoms with van der Waals surface area (Å²) in [5.74, 6) is 0. The van der Waals surface area contributed by atoms with Gasteiger partial charge in [-0.3, -0.25) is 0 Å². The van der Waals surface area contributed by atoms with Gasteiger partial charge in [-0.1, -0.05) is 182 Å². The first-order valence-electron chi connectivity index (χ1n) is 20.1. The van der Waals surface area contributed by atoms with Gasteiger partial charge in [-0.2, -0.15) is 0 Å². The van der Waals surface area contributed by atoms with Gasteiger partial charge in [0, 0.05) is 33.3 Å². The topological polar surface area (TPSA) is 29.0 Å². The van der Waals surface area contributed by atoms with Crippen molar-refractivity contribution in [3.63, 3.8) is 0 Å². The highest BCUT2D eigenvalue weighted by Gasteiger charge is 2.18. The van der Waals surface area contributed by atoms with Gasteiger partial charge >= 0.3 is 0 Å². The number of rotatable bonds is 7. The van der Waals surface area contributed by atoms with Gasteiger partial charge in [0.15, 0.2) is 0 Å².